The molecule has 1 aromatic rings. The van der Waals surface area contributed by atoms with Crippen molar-refractivity contribution >= 4 is 23.2 Å². The number of hydrogen-bond donors (Lipinski definition) is 1. The summed E-state index contributed by atoms with van der Waals surface area (Å²) in [6.07, 6.45) is 3.63. The third kappa shape index (κ3) is 5.87. The van der Waals surface area contributed by atoms with Crippen molar-refractivity contribution in [2.45, 2.75) is 45.6 Å². The topological polar surface area (TPSA) is 20.2 Å². The van der Waals surface area contributed by atoms with Gasteiger partial charge in [0.1, 0.15) is 6.10 Å². The number of benzene rings is 1. The molecule has 0 aliphatic carbocycles. The molecule has 0 fully saturated rings. The van der Waals surface area contributed by atoms with Gasteiger partial charge in [0.2, 0.25) is 0 Å². The molecule has 104 valence electrons. The van der Waals surface area contributed by atoms with E-state index in [2.05, 4.69) is 25.7 Å². The van der Waals surface area contributed by atoms with Crippen LogP contribution in [0.25, 0.3) is 0 Å². The van der Waals surface area contributed by atoms with Crippen LogP contribution in [-0.4, -0.2) is 11.2 Å². The van der Waals surface area contributed by atoms with E-state index in [0.717, 1.165) is 31.2 Å². The number of halogens is 2. The minimum absolute atomic E-state index is 0.238. The molecule has 0 amide bonds. The van der Waals surface area contributed by atoms with Crippen molar-refractivity contribution in [2.75, 3.05) is 0 Å². The fourth-order valence-electron chi connectivity index (χ4n) is 1.95. The van der Waals surface area contributed by atoms with E-state index in [1.54, 1.807) is 18.2 Å². The van der Waals surface area contributed by atoms with E-state index in [1.807, 2.05) is 0 Å². The summed E-state index contributed by atoms with van der Waals surface area (Å²) in [5.41, 5.74) is 0.738. The Balaban J connectivity index is 2.74. The molecule has 1 N–H and O–H groups in total. The van der Waals surface area contributed by atoms with Crippen LogP contribution in [0.2, 0.25) is 10.0 Å². The number of aliphatic hydroxyl groups excluding tert-OH is 1. The first-order valence-electron chi connectivity index (χ1n) is 6.72. The second kappa shape index (κ2) is 8.48. The zero-order chi connectivity index (χ0) is 14.3. The molecule has 0 saturated heterocycles. The van der Waals surface area contributed by atoms with Crippen molar-refractivity contribution in [3.05, 3.63) is 33.8 Å². The number of rotatable bonds is 5. The summed E-state index contributed by atoms with van der Waals surface area (Å²) < 4.78 is 0. The summed E-state index contributed by atoms with van der Waals surface area (Å²) in [7, 11) is 0. The Bertz CT molecular complexity index is 439. The minimum Gasteiger partial charge on any atom is -0.380 e. The highest BCUT2D eigenvalue weighted by Crippen LogP contribution is 2.19. The second-order valence-electron chi connectivity index (χ2n) is 4.68. The summed E-state index contributed by atoms with van der Waals surface area (Å²) in [6, 6.07) is 5.17. The van der Waals surface area contributed by atoms with Crippen LogP contribution in [0.4, 0.5) is 0 Å². The van der Waals surface area contributed by atoms with E-state index in [-0.39, 0.29) is 5.92 Å². The Morgan fingerprint density at radius 2 is 1.79 bits per heavy atom. The highest BCUT2D eigenvalue weighted by molar-refractivity contribution is 6.34. The maximum absolute atomic E-state index is 10.1. The van der Waals surface area contributed by atoms with Gasteiger partial charge in [-0.25, -0.2) is 0 Å². The first-order valence-corrected chi connectivity index (χ1v) is 7.48. The molecule has 0 saturated carbocycles. The summed E-state index contributed by atoms with van der Waals surface area (Å²) in [5.74, 6) is 6.09. The molecule has 19 heavy (non-hydrogen) atoms. The average Bonchev–Trinajstić information content (AvgIpc) is 2.36. The van der Waals surface area contributed by atoms with E-state index in [1.165, 1.54) is 0 Å². The quantitative estimate of drug-likeness (QED) is 0.765. The zero-order valence-corrected chi connectivity index (χ0v) is 12.9. The number of aliphatic hydroxyl groups is 1. The van der Waals surface area contributed by atoms with E-state index in [9.17, 15) is 5.11 Å². The van der Waals surface area contributed by atoms with Gasteiger partial charge in [-0.1, -0.05) is 61.7 Å². The van der Waals surface area contributed by atoms with E-state index in [4.69, 9.17) is 23.2 Å². The van der Waals surface area contributed by atoms with Gasteiger partial charge in [-0.3, -0.25) is 0 Å². The predicted molar refractivity (Wildman–Crippen MR) is 82.7 cm³/mol. The SMILES string of the molecule is CCCCC(CC)C(O)C#Cc1cc(Cl)cc(Cl)c1. The summed E-state index contributed by atoms with van der Waals surface area (Å²) in [5, 5.41) is 11.2. The fraction of sp³-hybridized carbons (Fsp3) is 0.500. The molecule has 1 rings (SSSR count). The van der Waals surface area contributed by atoms with Crippen LogP contribution in [-0.2, 0) is 0 Å². The van der Waals surface area contributed by atoms with Crippen LogP contribution < -0.4 is 0 Å². The monoisotopic (exact) mass is 298 g/mol. The summed E-state index contributed by atoms with van der Waals surface area (Å²) >= 11 is 11.8. The predicted octanol–water partition coefficient (Wildman–Crippen LogP) is 4.92. The van der Waals surface area contributed by atoms with E-state index >= 15 is 0 Å². The molecule has 0 spiro atoms. The molecule has 1 nitrogen and oxygen atoms in total. The summed E-state index contributed by atoms with van der Waals surface area (Å²) in [6.45, 7) is 4.24. The van der Waals surface area contributed by atoms with Gasteiger partial charge in [-0.05, 0) is 37.0 Å². The molecule has 0 heterocycles. The lowest BCUT2D eigenvalue weighted by Crippen LogP contribution is -2.17. The first kappa shape index (κ1) is 16.4. The Labute approximate surface area is 125 Å². The van der Waals surface area contributed by atoms with Crippen LogP contribution in [0.3, 0.4) is 0 Å². The van der Waals surface area contributed by atoms with Crippen molar-refractivity contribution in [2.24, 2.45) is 5.92 Å². The third-order valence-corrected chi connectivity index (χ3v) is 3.56. The fourth-order valence-corrected chi connectivity index (χ4v) is 2.48. The molecule has 1 aromatic carbocycles. The molecule has 0 aliphatic rings. The summed E-state index contributed by atoms with van der Waals surface area (Å²) in [4.78, 5) is 0. The average molecular weight is 299 g/mol. The van der Waals surface area contributed by atoms with Crippen LogP contribution in [0.5, 0.6) is 0 Å². The highest BCUT2D eigenvalue weighted by Gasteiger charge is 2.14. The second-order valence-corrected chi connectivity index (χ2v) is 5.56. The van der Waals surface area contributed by atoms with E-state index < -0.39 is 6.10 Å². The molecular weight excluding hydrogens is 279 g/mol. The van der Waals surface area contributed by atoms with E-state index in [0.29, 0.717) is 10.0 Å². The Morgan fingerprint density at radius 3 is 2.32 bits per heavy atom. The highest BCUT2D eigenvalue weighted by atomic mass is 35.5. The van der Waals surface area contributed by atoms with Gasteiger partial charge >= 0.3 is 0 Å². The van der Waals surface area contributed by atoms with Crippen molar-refractivity contribution < 1.29 is 5.11 Å². The molecule has 0 aromatic heterocycles. The van der Waals surface area contributed by atoms with Crippen molar-refractivity contribution in [1.29, 1.82) is 0 Å². The van der Waals surface area contributed by atoms with Crippen molar-refractivity contribution in [3.63, 3.8) is 0 Å². The number of unbranched alkanes of at least 4 members (excludes halogenated alkanes) is 1. The maximum Gasteiger partial charge on any atom is 0.117 e. The van der Waals surface area contributed by atoms with Crippen LogP contribution >= 0.6 is 23.2 Å². The van der Waals surface area contributed by atoms with Gasteiger partial charge in [-0.2, -0.15) is 0 Å². The normalized spacial score (nSPS) is 13.5. The smallest absolute Gasteiger partial charge is 0.117 e. The van der Waals surface area contributed by atoms with Crippen LogP contribution in [0.1, 0.15) is 45.1 Å². The van der Waals surface area contributed by atoms with Gasteiger partial charge in [0.05, 0.1) is 0 Å². The standard InChI is InChI=1S/C16H20Cl2O/c1-3-5-6-13(4-2)16(19)8-7-12-9-14(17)11-15(18)10-12/h9-11,13,16,19H,3-6H2,1-2H3. The Kier molecular flexibility index (Phi) is 7.31. The molecule has 2 atom stereocenters. The first-order chi connectivity index (χ1) is 9.06. The van der Waals surface area contributed by atoms with Crippen molar-refractivity contribution in [3.8, 4) is 11.8 Å². The number of hydrogen-bond acceptors (Lipinski definition) is 1. The Hall–Kier alpha value is -0.680. The minimum atomic E-state index is -0.589. The lowest BCUT2D eigenvalue weighted by molar-refractivity contribution is 0.150. The lowest BCUT2D eigenvalue weighted by atomic mass is 9.93. The van der Waals surface area contributed by atoms with Crippen LogP contribution in [0.15, 0.2) is 18.2 Å². The van der Waals surface area contributed by atoms with Crippen molar-refractivity contribution in [1.82, 2.24) is 0 Å². The zero-order valence-electron chi connectivity index (χ0n) is 11.4. The maximum atomic E-state index is 10.1. The molecular formula is C16H20Cl2O. The van der Waals surface area contributed by atoms with Gasteiger partial charge in [-0.15, -0.1) is 0 Å². The third-order valence-electron chi connectivity index (χ3n) is 3.13. The lowest BCUT2D eigenvalue weighted by Gasteiger charge is -2.16. The Morgan fingerprint density at radius 1 is 1.16 bits per heavy atom. The molecule has 0 radical (unpaired) electrons. The van der Waals surface area contributed by atoms with Gasteiger partial charge in [0.25, 0.3) is 0 Å². The molecule has 2 unspecified atom stereocenters. The van der Waals surface area contributed by atoms with Gasteiger partial charge in [0, 0.05) is 15.6 Å². The molecule has 0 aliphatic heterocycles. The van der Waals surface area contributed by atoms with Crippen LogP contribution in [0, 0.1) is 17.8 Å². The van der Waals surface area contributed by atoms with Gasteiger partial charge in [0.15, 0.2) is 0 Å². The molecule has 3 heteroatoms. The largest absolute Gasteiger partial charge is 0.380 e. The molecule has 0 bridgehead atoms. The van der Waals surface area contributed by atoms with Gasteiger partial charge < -0.3 is 5.11 Å².